The molecule has 0 bridgehead atoms. The van der Waals surface area contributed by atoms with Crippen molar-refractivity contribution in [2.75, 3.05) is 13.2 Å². The Bertz CT molecular complexity index is 607. The number of hydrogen-bond donors (Lipinski definition) is 1. The van der Waals surface area contributed by atoms with Gasteiger partial charge in [-0.25, -0.2) is 0 Å². The molecule has 0 aliphatic carbocycles. The monoisotopic (exact) mass is 639 g/mol. The van der Waals surface area contributed by atoms with Gasteiger partial charge >= 0.3 is 11.9 Å². The molecule has 0 saturated heterocycles. The van der Waals surface area contributed by atoms with Gasteiger partial charge < -0.3 is 14.6 Å². The summed E-state index contributed by atoms with van der Waals surface area (Å²) in [6, 6.07) is 0. The number of esters is 2. The summed E-state index contributed by atoms with van der Waals surface area (Å²) in [6.45, 7) is 4.15. The van der Waals surface area contributed by atoms with Crippen molar-refractivity contribution in [3.8, 4) is 0 Å². The Kier molecular flexibility index (Phi) is 36.4. The van der Waals surface area contributed by atoms with Crippen LogP contribution in [0.5, 0.6) is 0 Å². The molecule has 1 atom stereocenters. The zero-order valence-corrected chi connectivity index (χ0v) is 30.4. The minimum atomic E-state index is -0.760. The summed E-state index contributed by atoms with van der Waals surface area (Å²) in [4.78, 5) is 24.2. The van der Waals surface area contributed by atoms with Gasteiger partial charge in [0.25, 0.3) is 0 Å². The number of ether oxygens (including phenoxy) is 2. The molecule has 0 radical (unpaired) electrons. The Balaban J connectivity index is 3.44. The normalized spacial score (nSPS) is 12.0. The van der Waals surface area contributed by atoms with Crippen LogP contribution in [0.2, 0.25) is 0 Å². The lowest BCUT2D eigenvalue weighted by molar-refractivity contribution is -0.161. The second-order valence-electron chi connectivity index (χ2n) is 13.7. The summed E-state index contributed by atoms with van der Waals surface area (Å²) in [5.41, 5.74) is 0. The largest absolute Gasteiger partial charge is 0.462 e. The quantitative estimate of drug-likeness (QED) is 0.0541. The third kappa shape index (κ3) is 35.6. The maximum atomic E-state index is 12.2. The van der Waals surface area contributed by atoms with E-state index in [1.807, 2.05) is 0 Å². The molecule has 0 fully saturated rings. The van der Waals surface area contributed by atoms with Crippen molar-refractivity contribution in [1.82, 2.24) is 0 Å². The SMILES string of the molecule is CCCCCCCCCCCCCCCCCCCCCCCC(=O)O[C@@H](CO)COC(=O)CCCCCCCCCCCC. The predicted molar refractivity (Wildman–Crippen MR) is 192 cm³/mol. The van der Waals surface area contributed by atoms with E-state index in [0.717, 1.165) is 38.5 Å². The van der Waals surface area contributed by atoms with E-state index in [1.165, 1.54) is 161 Å². The summed E-state index contributed by atoms with van der Waals surface area (Å²) in [5.74, 6) is -0.578. The van der Waals surface area contributed by atoms with Crippen LogP contribution >= 0.6 is 0 Å². The highest BCUT2D eigenvalue weighted by atomic mass is 16.6. The van der Waals surface area contributed by atoms with Crippen molar-refractivity contribution in [2.24, 2.45) is 0 Å². The van der Waals surface area contributed by atoms with Gasteiger partial charge in [0.2, 0.25) is 0 Å². The van der Waals surface area contributed by atoms with Crippen molar-refractivity contribution < 1.29 is 24.2 Å². The summed E-state index contributed by atoms with van der Waals surface area (Å²) in [7, 11) is 0. The smallest absolute Gasteiger partial charge is 0.306 e. The zero-order valence-electron chi connectivity index (χ0n) is 30.4. The first-order chi connectivity index (χ1) is 22.1. The molecule has 0 saturated carbocycles. The standard InChI is InChI=1S/C40H78O5/c1-3-5-7-9-11-13-15-16-17-18-19-20-21-22-23-24-25-27-29-31-33-35-40(43)45-38(36-41)37-44-39(42)34-32-30-28-26-14-12-10-8-6-4-2/h38,41H,3-37H2,1-2H3/t38-/m0/s1. The molecule has 5 heteroatoms. The second kappa shape index (κ2) is 37.4. The first kappa shape index (κ1) is 43.9. The number of carbonyl (C=O) groups is 2. The lowest BCUT2D eigenvalue weighted by Gasteiger charge is -2.15. The van der Waals surface area contributed by atoms with Gasteiger partial charge in [0.05, 0.1) is 6.61 Å². The maximum Gasteiger partial charge on any atom is 0.306 e. The molecule has 0 rings (SSSR count). The number of carbonyl (C=O) groups excluding carboxylic acids is 2. The van der Waals surface area contributed by atoms with Crippen molar-refractivity contribution in [1.29, 1.82) is 0 Å². The highest BCUT2D eigenvalue weighted by Crippen LogP contribution is 2.16. The number of rotatable bonds is 37. The van der Waals surface area contributed by atoms with Crippen LogP contribution in [-0.4, -0.2) is 36.4 Å². The molecule has 0 spiro atoms. The van der Waals surface area contributed by atoms with E-state index in [1.54, 1.807) is 0 Å². The average Bonchev–Trinajstić information content (AvgIpc) is 3.04. The molecule has 1 N–H and O–H groups in total. The van der Waals surface area contributed by atoms with Crippen molar-refractivity contribution in [3.63, 3.8) is 0 Å². The van der Waals surface area contributed by atoms with Gasteiger partial charge in [0.15, 0.2) is 6.10 Å². The third-order valence-corrected chi connectivity index (χ3v) is 9.15. The Hall–Kier alpha value is -1.10. The Morgan fingerprint density at radius 1 is 0.422 bits per heavy atom. The summed E-state index contributed by atoms with van der Waals surface area (Å²) >= 11 is 0. The van der Waals surface area contributed by atoms with Crippen molar-refractivity contribution in [3.05, 3.63) is 0 Å². The van der Waals surface area contributed by atoms with Crippen LogP contribution in [0.1, 0.15) is 226 Å². The minimum absolute atomic E-state index is 0.0574. The number of aliphatic hydroxyl groups is 1. The molecular formula is C40H78O5. The highest BCUT2D eigenvalue weighted by Gasteiger charge is 2.16. The van der Waals surface area contributed by atoms with E-state index in [0.29, 0.717) is 12.8 Å². The summed E-state index contributed by atoms with van der Waals surface area (Å²) in [5, 5.41) is 9.53. The Labute approximate surface area is 280 Å². The minimum Gasteiger partial charge on any atom is -0.462 e. The topological polar surface area (TPSA) is 72.8 Å². The predicted octanol–water partition coefficient (Wildman–Crippen LogP) is 12.3. The molecular weight excluding hydrogens is 560 g/mol. The average molecular weight is 639 g/mol. The van der Waals surface area contributed by atoms with Gasteiger partial charge in [-0.05, 0) is 12.8 Å². The summed E-state index contributed by atoms with van der Waals surface area (Å²) in [6.07, 6.45) is 40.3. The van der Waals surface area contributed by atoms with Crippen LogP contribution in [0.25, 0.3) is 0 Å². The molecule has 0 amide bonds. The molecule has 0 aliphatic rings. The van der Waals surface area contributed by atoms with E-state index in [9.17, 15) is 14.7 Å². The van der Waals surface area contributed by atoms with Crippen LogP contribution in [0.3, 0.4) is 0 Å². The number of unbranched alkanes of at least 4 members (excludes halogenated alkanes) is 29. The first-order valence-corrected chi connectivity index (χ1v) is 20.1. The first-order valence-electron chi connectivity index (χ1n) is 20.1. The lowest BCUT2D eigenvalue weighted by atomic mass is 10.0. The molecule has 0 aliphatic heterocycles. The van der Waals surface area contributed by atoms with Gasteiger partial charge in [-0.2, -0.15) is 0 Å². The Morgan fingerprint density at radius 2 is 0.689 bits per heavy atom. The summed E-state index contributed by atoms with van der Waals surface area (Å²) < 4.78 is 10.6. The number of aliphatic hydroxyl groups excluding tert-OH is 1. The maximum absolute atomic E-state index is 12.2. The van der Waals surface area contributed by atoms with E-state index in [2.05, 4.69) is 13.8 Å². The lowest BCUT2D eigenvalue weighted by Crippen LogP contribution is -2.28. The van der Waals surface area contributed by atoms with Crippen LogP contribution in [-0.2, 0) is 19.1 Å². The fourth-order valence-corrected chi connectivity index (χ4v) is 6.08. The Morgan fingerprint density at radius 3 is 0.978 bits per heavy atom. The van der Waals surface area contributed by atoms with E-state index in [4.69, 9.17) is 9.47 Å². The molecule has 0 aromatic heterocycles. The van der Waals surface area contributed by atoms with Gasteiger partial charge in [-0.15, -0.1) is 0 Å². The molecule has 0 aromatic carbocycles. The second-order valence-corrected chi connectivity index (χ2v) is 13.7. The molecule has 45 heavy (non-hydrogen) atoms. The fraction of sp³-hybridized carbons (Fsp3) is 0.950. The van der Waals surface area contributed by atoms with Gasteiger partial charge in [-0.1, -0.05) is 200 Å². The zero-order chi connectivity index (χ0) is 32.9. The molecule has 5 nitrogen and oxygen atoms in total. The van der Waals surface area contributed by atoms with E-state index >= 15 is 0 Å². The van der Waals surface area contributed by atoms with Crippen LogP contribution < -0.4 is 0 Å². The molecule has 268 valence electrons. The van der Waals surface area contributed by atoms with Crippen LogP contribution in [0, 0.1) is 0 Å². The van der Waals surface area contributed by atoms with Gasteiger partial charge in [0, 0.05) is 12.8 Å². The van der Waals surface area contributed by atoms with Crippen molar-refractivity contribution >= 4 is 11.9 Å². The van der Waals surface area contributed by atoms with Crippen LogP contribution in [0.4, 0.5) is 0 Å². The van der Waals surface area contributed by atoms with Crippen molar-refractivity contribution in [2.45, 2.75) is 232 Å². The molecule has 0 unspecified atom stereocenters. The third-order valence-electron chi connectivity index (χ3n) is 9.15. The number of hydrogen-bond acceptors (Lipinski definition) is 5. The van der Waals surface area contributed by atoms with E-state index in [-0.39, 0.29) is 25.2 Å². The van der Waals surface area contributed by atoms with Gasteiger partial charge in [0.1, 0.15) is 6.61 Å². The van der Waals surface area contributed by atoms with Crippen LogP contribution in [0.15, 0.2) is 0 Å². The van der Waals surface area contributed by atoms with Gasteiger partial charge in [-0.3, -0.25) is 9.59 Å². The molecule has 0 heterocycles. The van der Waals surface area contributed by atoms with E-state index < -0.39 is 6.10 Å². The highest BCUT2D eigenvalue weighted by molar-refractivity contribution is 5.70. The molecule has 0 aromatic rings. The fourth-order valence-electron chi connectivity index (χ4n) is 6.08.